The summed E-state index contributed by atoms with van der Waals surface area (Å²) in [4.78, 5) is 14.0. The summed E-state index contributed by atoms with van der Waals surface area (Å²) >= 11 is 0. The summed E-state index contributed by atoms with van der Waals surface area (Å²) in [6, 6.07) is 4.90. The van der Waals surface area contributed by atoms with Gasteiger partial charge in [0, 0.05) is 31.2 Å². The van der Waals surface area contributed by atoms with Crippen molar-refractivity contribution in [2.45, 2.75) is 51.8 Å². The Hall–Kier alpha value is -1.82. The van der Waals surface area contributed by atoms with Gasteiger partial charge in [-0.05, 0) is 51.8 Å². The van der Waals surface area contributed by atoms with Crippen molar-refractivity contribution in [3.05, 3.63) is 29.6 Å². The number of methoxy groups -OCH3 is 1. The van der Waals surface area contributed by atoms with Gasteiger partial charge in [0.1, 0.15) is 17.2 Å². The Balaban J connectivity index is 1.82. The third kappa shape index (κ3) is 5.67. The van der Waals surface area contributed by atoms with Crippen molar-refractivity contribution in [3.8, 4) is 5.75 Å². The van der Waals surface area contributed by atoms with Crippen molar-refractivity contribution in [2.24, 2.45) is 0 Å². The second-order valence-corrected chi connectivity index (χ2v) is 7.15. The first-order valence-corrected chi connectivity index (χ1v) is 8.31. The molecule has 1 aliphatic rings. The molecule has 0 saturated carbocycles. The molecule has 1 amide bonds. The fourth-order valence-electron chi connectivity index (χ4n) is 2.75. The standard InChI is InChI=1S/C18H27FN2O3/c1-18(2,3)24-17(22)20-14-7-9-21(10-8-14)12-13-11-15(23-4)5-6-16(13)19/h5-6,11,14H,7-10,12H2,1-4H3,(H,20,22). The van der Waals surface area contributed by atoms with E-state index in [1.807, 2.05) is 20.8 Å². The van der Waals surface area contributed by atoms with Gasteiger partial charge in [0.2, 0.25) is 0 Å². The number of halogens is 1. The highest BCUT2D eigenvalue weighted by Gasteiger charge is 2.24. The van der Waals surface area contributed by atoms with Gasteiger partial charge < -0.3 is 14.8 Å². The van der Waals surface area contributed by atoms with Crippen LogP contribution < -0.4 is 10.1 Å². The molecule has 6 heteroatoms. The van der Waals surface area contributed by atoms with E-state index >= 15 is 0 Å². The van der Waals surface area contributed by atoms with E-state index in [1.165, 1.54) is 6.07 Å². The van der Waals surface area contributed by atoms with E-state index in [4.69, 9.17) is 9.47 Å². The van der Waals surface area contributed by atoms with E-state index < -0.39 is 5.60 Å². The van der Waals surface area contributed by atoms with E-state index in [0.717, 1.165) is 25.9 Å². The molecule has 1 aromatic carbocycles. The molecule has 0 atom stereocenters. The summed E-state index contributed by atoms with van der Waals surface area (Å²) in [5.41, 5.74) is 0.141. The predicted octanol–water partition coefficient (Wildman–Crippen LogP) is 3.32. The summed E-state index contributed by atoms with van der Waals surface area (Å²) in [6.45, 7) is 7.68. The molecule has 134 valence electrons. The molecule has 0 unspecified atom stereocenters. The van der Waals surface area contributed by atoms with Gasteiger partial charge in [-0.2, -0.15) is 0 Å². The van der Waals surface area contributed by atoms with Gasteiger partial charge in [-0.3, -0.25) is 4.90 Å². The summed E-state index contributed by atoms with van der Waals surface area (Å²) < 4.78 is 24.3. The second kappa shape index (κ2) is 7.83. The highest BCUT2D eigenvalue weighted by Crippen LogP contribution is 2.20. The topological polar surface area (TPSA) is 50.8 Å². The normalized spacial score (nSPS) is 16.7. The van der Waals surface area contributed by atoms with Crippen molar-refractivity contribution in [3.63, 3.8) is 0 Å². The Morgan fingerprint density at radius 3 is 2.58 bits per heavy atom. The van der Waals surface area contributed by atoms with Crippen LogP contribution in [0, 0.1) is 5.82 Å². The summed E-state index contributed by atoms with van der Waals surface area (Å²) in [6.07, 6.45) is 1.27. The third-order valence-corrected chi connectivity index (χ3v) is 3.96. The number of carbonyl (C=O) groups excluding carboxylic acids is 1. The molecule has 0 aromatic heterocycles. The number of carbonyl (C=O) groups is 1. The molecule has 1 fully saturated rings. The van der Waals surface area contributed by atoms with Gasteiger partial charge >= 0.3 is 6.09 Å². The predicted molar refractivity (Wildman–Crippen MR) is 90.6 cm³/mol. The average Bonchev–Trinajstić information content (AvgIpc) is 2.49. The van der Waals surface area contributed by atoms with Crippen LogP contribution in [-0.2, 0) is 11.3 Å². The molecule has 0 spiro atoms. The van der Waals surface area contributed by atoms with Crippen LogP contribution in [-0.4, -0.2) is 42.8 Å². The lowest BCUT2D eigenvalue weighted by Crippen LogP contribution is -2.45. The number of benzene rings is 1. The van der Waals surface area contributed by atoms with Crippen LogP contribution >= 0.6 is 0 Å². The largest absolute Gasteiger partial charge is 0.497 e. The maximum Gasteiger partial charge on any atom is 0.407 e. The smallest absolute Gasteiger partial charge is 0.407 e. The Kier molecular flexibility index (Phi) is 6.04. The zero-order valence-corrected chi connectivity index (χ0v) is 14.9. The molecule has 2 rings (SSSR count). The van der Waals surface area contributed by atoms with Crippen molar-refractivity contribution in [1.82, 2.24) is 10.2 Å². The minimum Gasteiger partial charge on any atom is -0.497 e. The van der Waals surface area contributed by atoms with E-state index in [2.05, 4.69) is 10.2 Å². The zero-order valence-electron chi connectivity index (χ0n) is 14.9. The number of piperidine rings is 1. The number of alkyl carbamates (subject to hydrolysis) is 1. The summed E-state index contributed by atoms with van der Waals surface area (Å²) in [5, 5.41) is 2.91. The van der Waals surface area contributed by atoms with Crippen LogP contribution in [0.15, 0.2) is 18.2 Å². The SMILES string of the molecule is COc1ccc(F)c(CN2CCC(NC(=O)OC(C)(C)C)CC2)c1. The van der Waals surface area contributed by atoms with E-state index in [9.17, 15) is 9.18 Å². The molecule has 0 radical (unpaired) electrons. The molecule has 24 heavy (non-hydrogen) atoms. The molecule has 1 aromatic rings. The number of amides is 1. The monoisotopic (exact) mass is 338 g/mol. The van der Waals surface area contributed by atoms with Crippen LogP contribution in [0.2, 0.25) is 0 Å². The lowest BCUT2D eigenvalue weighted by atomic mass is 10.0. The van der Waals surface area contributed by atoms with Crippen molar-refractivity contribution in [1.29, 1.82) is 0 Å². The second-order valence-electron chi connectivity index (χ2n) is 7.15. The quantitative estimate of drug-likeness (QED) is 0.915. The molecule has 1 N–H and O–H groups in total. The lowest BCUT2D eigenvalue weighted by Gasteiger charge is -2.33. The lowest BCUT2D eigenvalue weighted by molar-refractivity contribution is 0.0477. The number of hydrogen-bond acceptors (Lipinski definition) is 4. The molecule has 5 nitrogen and oxygen atoms in total. The van der Waals surface area contributed by atoms with Gasteiger partial charge in [0.15, 0.2) is 0 Å². The molecular formula is C18H27FN2O3. The maximum absolute atomic E-state index is 13.9. The Morgan fingerprint density at radius 1 is 1.33 bits per heavy atom. The van der Waals surface area contributed by atoms with Crippen molar-refractivity contribution < 1.29 is 18.7 Å². The van der Waals surface area contributed by atoms with Crippen LogP contribution in [0.25, 0.3) is 0 Å². The van der Waals surface area contributed by atoms with Gasteiger partial charge in [-0.15, -0.1) is 0 Å². The molecule has 1 saturated heterocycles. The molecule has 0 aliphatic carbocycles. The fourth-order valence-corrected chi connectivity index (χ4v) is 2.75. The first kappa shape index (κ1) is 18.5. The van der Waals surface area contributed by atoms with Crippen LogP contribution in [0.4, 0.5) is 9.18 Å². The Labute approximate surface area is 143 Å². The highest BCUT2D eigenvalue weighted by atomic mass is 19.1. The molecule has 1 heterocycles. The van der Waals surface area contributed by atoms with Gasteiger partial charge in [-0.1, -0.05) is 0 Å². The molecular weight excluding hydrogens is 311 g/mol. The third-order valence-electron chi connectivity index (χ3n) is 3.96. The number of likely N-dealkylation sites (tertiary alicyclic amines) is 1. The number of nitrogens with zero attached hydrogens (tertiary/aromatic N) is 1. The molecule has 1 aliphatic heterocycles. The Bertz CT molecular complexity index is 564. The number of ether oxygens (including phenoxy) is 2. The van der Waals surface area contributed by atoms with Crippen molar-refractivity contribution >= 4 is 6.09 Å². The van der Waals surface area contributed by atoms with E-state index in [1.54, 1.807) is 19.2 Å². The highest BCUT2D eigenvalue weighted by molar-refractivity contribution is 5.68. The van der Waals surface area contributed by atoms with Crippen LogP contribution in [0.5, 0.6) is 5.75 Å². The van der Waals surface area contributed by atoms with E-state index in [0.29, 0.717) is 17.9 Å². The summed E-state index contributed by atoms with van der Waals surface area (Å²) in [5.74, 6) is 0.442. The number of rotatable bonds is 4. The average molecular weight is 338 g/mol. The number of hydrogen-bond donors (Lipinski definition) is 1. The van der Waals surface area contributed by atoms with Crippen molar-refractivity contribution in [2.75, 3.05) is 20.2 Å². The zero-order chi connectivity index (χ0) is 17.7. The van der Waals surface area contributed by atoms with Gasteiger partial charge in [-0.25, -0.2) is 9.18 Å². The van der Waals surface area contributed by atoms with Gasteiger partial charge in [0.25, 0.3) is 0 Å². The summed E-state index contributed by atoms with van der Waals surface area (Å²) in [7, 11) is 1.57. The first-order chi connectivity index (χ1) is 11.3. The van der Waals surface area contributed by atoms with Gasteiger partial charge in [0.05, 0.1) is 7.11 Å². The molecule has 0 bridgehead atoms. The fraction of sp³-hybridized carbons (Fsp3) is 0.611. The minimum absolute atomic E-state index is 0.103. The minimum atomic E-state index is -0.491. The van der Waals surface area contributed by atoms with E-state index in [-0.39, 0.29) is 18.0 Å². The van der Waals surface area contributed by atoms with Crippen LogP contribution in [0.1, 0.15) is 39.2 Å². The van der Waals surface area contributed by atoms with Crippen LogP contribution in [0.3, 0.4) is 0 Å². The first-order valence-electron chi connectivity index (χ1n) is 8.31. The number of nitrogens with one attached hydrogen (secondary N) is 1. The maximum atomic E-state index is 13.9. The Morgan fingerprint density at radius 2 is 2.00 bits per heavy atom.